The van der Waals surface area contributed by atoms with Gasteiger partial charge in [0.2, 0.25) is 53.2 Å². The number of benzene rings is 1. The maximum absolute atomic E-state index is 13.3. The van der Waals surface area contributed by atoms with E-state index in [0.717, 1.165) is 12.2 Å². The zero-order valence-electron chi connectivity index (χ0n) is 32.0. The number of rotatable bonds is 24. The lowest BCUT2D eigenvalue weighted by Gasteiger charge is -2.26. The van der Waals surface area contributed by atoms with Crippen molar-refractivity contribution in [2.24, 2.45) is 23.3 Å². The molecule has 0 saturated heterocycles. The molecule has 1 rings (SSSR count). The van der Waals surface area contributed by atoms with Crippen LogP contribution in [0.1, 0.15) is 59.4 Å². The van der Waals surface area contributed by atoms with Gasteiger partial charge in [-0.25, -0.2) is 4.79 Å². The van der Waals surface area contributed by atoms with Crippen molar-refractivity contribution in [2.45, 2.75) is 90.5 Å². The first kappa shape index (κ1) is 47.7. The third-order valence-corrected chi connectivity index (χ3v) is 7.85. The Morgan fingerprint density at radius 3 is 1.80 bits per heavy atom. The Kier molecular flexibility index (Phi) is 20.6. The van der Waals surface area contributed by atoms with E-state index in [9.17, 15) is 53.1 Å². The summed E-state index contributed by atoms with van der Waals surface area (Å²) >= 11 is 0. The number of carbonyl (C=O) groups is 10. The first-order valence-corrected chi connectivity index (χ1v) is 17.8. The van der Waals surface area contributed by atoms with Gasteiger partial charge in [-0.15, -0.1) is 0 Å². The lowest BCUT2D eigenvalue weighted by molar-refractivity contribution is -0.141. The molecule has 0 bridgehead atoms. The molecule has 9 amide bonds. The van der Waals surface area contributed by atoms with Crippen LogP contribution in [0, 0.1) is 11.8 Å². The molecule has 0 radical (unpaired) electrons. The van der Waals surface area contributed by atoms with Crippen LogP contribution in [0.3, 0.4) is 0 Å². The molecule has 0 unspecified atom stereocenters. The number of hydrogen-bond donors (Lipinski definition) is 10. The SMILES string of the molecule is CC(C)C[C@H](NC(=O)[C@H](CCC(N)=O)NC(=O)/C=C/C(=O)NCC(=O)NCC(=O)N[C@@H](Cc1ccccc1)C(=O)O)C(=O)N[C@@H](C)C(=O)N[C@H](C(N)=O)C(C)C. The largest absolute Gasteiger partial charge is 0.480 e. The molecule has 308 valence electrons. The molecule has 0 heterocycles. The average Bonchev–Trinajstić information content (AvgIpc) is 3.11. The van der Waals surface area contributed by atoms with E-state index in [0.29, 0.717) is 5.56 Å². The van der Waals surface area contributed by atoms with Gasteiger partial charge in [-0.2, -0.15) is 0 Å². The van der Waals surface area contributed by atoms with Crippen molar-refractivity contribution in [3.05, 3.63) is 48.0 Å². The normalized spacial score (nSPS) is 13.6. The van der Waals surface area contributed by atoms with Crippen molar-refractivity contribution in [3.63, 3.8) is 0 Å². The fraction of sp³-hybridized carbons (Fsp3) is 0.500. The number of hydrogen-bond acceptors (Lipinski definition) is 10. The van der Waals surface area contributed by atoms with Crippen LogP contribution in [-0.2, 0) is 54.4 Å². The summed E-state index contributed by atoms with van der Waals surface area (Å²) in [5.74, 6) is -9.04. The van der Waals surface area contributed by atoms with E-state index in [1.165, 1.54) is 6.92 Å². The molecule has 0 aliphatic rings. The molecule has 1 aromatic carbocycles. The van der Waals surface area contributed by atoms with E-state index in [-0.39, 0.29) is 37.5 Å². The molecule has 0 saturated carbocycles. The van der Waals surface area contributed by atoms with Crippen LogP contribution in [0.2, 0.25) is 0 Å². The summed E-state index contributed by atoms with van der Waals surface area (Å²) in [5.41, 5.74) is 11.3. The van der Waals surface area contributed by atoms with E-state index < -0.39 is 102 Å². The molecular weight excluding hydrogens is 734 g/mol. The Hall–Kier alpha value is -6.34. The number of aliphatic carboxylic acids is 1. The van der Waals surface area contributed by atoms with Gasteiger partial charge >= 0.3 is 5.97 Å². The van der Waals surface area contributed by atoms with Gasteiger partial charge in [0.05, 0.1) is 13.1 Å². The third-order valence-electron chi connectivity index (χ3n) is 7.85. The molecule has 20 nitrogen and oxygen atoms in total. The van der Waals surface area contributed by atoms with E-state index in [1.807, 2.05) is 0 Å². The highest BCUT2D eigenvalue weighted by atomic mass is 16.4. The summed E-state index contributed by atoms with van der Waals surface area (Å²) in [6.45, 7) is 7.08. The molecule has 0 aromatic heterocycles. The van der Waals surface area contributed by atoms with Crippen molar-refractivity contribution in [3.8, 4) is 0 Å². The minimum atomic E-state index is -1.40. The van der Waals surface area contributed by atoms with Gasteiger partial charge in [0.1, 0.15) is 30.2 Å². The van der Waals surface area contributed by atoms with Crippen molar-refractivity contribution < 1.29 is 53.1 Å². The number of primary amides is 2. The highest BCUT2D eigenvalue weighted by molar-refractivity contribution is 6.00. The Bertz CT molecular complexity index is 1620. The highest BCUT2D eigenvalue weighted by Gasteiger charge is 2.30. The van der Waals surface area contributed by atoms with Crippen molar-refractivity contribution in [1.29, 1.82) is 0 Å². The molecule has 0 aliphatic carbocycles. The van der Waals surface area contributed by atoms with Crippen LogP contribution in [0.5, 0.6) is 0 Å². The van der Waals surface area contributed by atoms with E-state index in [1.54, 1.807) is 58.0 Å². The Morgan fingerprint density at radius 1 is 0.661 bits per heavy atom. The van der Waals surface area contributed by atoms with E-state index in [4.69, 9.17) is 11.5 Å². The summed E-state index contributed by atoms with van der Waals surface area (Å²) in [6, 6.07) is 2.61. The molecule has 0 aliphatic heterocycles. The molecule has 5 atom stereocenters. The molecule has 12 N–H and O–H groups in total. The Labute approximate surface area is 324 Å². The van der Waals surface area contributed by atoms with Crippen LogP contribution < -0.4 is 48.7 Å². The summed E-state index contributed by atoms with van der Waals surface area (Å²) < 4.78 is 0. The second kappa shape index (κ2) is 24.1. The topological polar surface area (TPSA) is 327 Å². The minimum Gasteiger partial charge on any atom is -0.480 e. The summed E-state index contributed by atoms with van der Waals surface area (Å²) in [7, 11) is 0. The first-order chi connectivity index (χ1) is 26.2. The zero-order chi connectivity index (χ0) is 42.5. The molecule has 20 heteroatoms. The summed E-state index contributed by atoms with van der Waals surface area (Å²) in [5, 5.41) is 26.0. The first-order valence-electron chi connectivity index (χ1n) is 17.8. The standard InChI is InChI=1S/C36H53N9O11/c1-19(2)15-24(35(54)41-21(5)33(52)45-31(20(3)4)32(38)51)44-34(53)23(11-12-26(37)46)42-28(48)14-13-27(47)39-17-29(49)40-18-30(50)43-25(36(55)56)16-22-9-7-6-8-10-22/h6-10,13-14,19-21,23-25,31H,11-12,15-18H2,1-5H3,(H2,37,46)(H2,38,51)(H,39,47)(H,40,49)(H,41,54)(H,42,48)(H,43,50)(H,44,53)(H,45,52)(H,55,56)/b14-13+/t21-,23-,24-,25-,31-/m0/s1. The number of amides is 9. The van der Waals surface area contributed by atoms with Crippen molar-refractivity contribution in [1.82, 2.24) is 37.2 Å². The van der Waals surface area contributed by atoms with Crippen molar-refractivity contribution >= 4 is 59.1 Å². The van der Waals surface area contributed by atoms with Gasteiger partial charge in [0.15, 0.2) is 0 Å². The van der Waals surface area contributed by atoms with Crippen LogP contribution in [0.15, 0.2) is 42.5 Å². The number of carbonyl (C=O) groups excluding carboxylic acids is 9. The van der Waals surface area contributed by atoms with Crippen LogP contribution in [0.4, 0.5) is 0 Å². The average molecular weight is 788 g/mol. The van der Waals surface area contributed by atoms with Crippen LogP contribution in [-0.4, -0.2) is 108 Å². The summed E-state index contributed by atoms with van der Waals surface area (Å²) in [6.07, 6.45) is 1.00. The predicted octanol–water partition coefficient (Wildman–Crippen LogP) is -3.00. The third kappa shape index (κ3) is 19.1. The second-order valence-corrected chi connectivity index (χ2v) is 13.6. The molecule has 0 fully saturated rings. The maximum atomic E-state index is 13.3. The van der Waals surface area contributed by atoms with E-state index in [2.05, 4.69) is 37.2 Å². The molecular formula is C36H53N9O11. The Morgan fingerprint density at radius 2 is 1.25 bits per heavy atom. The molecule has 1 aromatic rings. The zero-order valence-corrected chi connectivity index (χ0v) is 32.0. The van der Waals surface area contributed by atoms with Crippen LogP contribution in [0.25, 0.3) is 0 Å². The highest BCUT2D eigenvalue weighted by Crippen LogP contribution is 2.08. The fourth-order valence-corrected chi connectivity index (χ4v) is 4.89. The number of nitrogens with one attached hydrogen (secondary N) is 7. The van der Waals surface area contributed by atoms with Gasteiger partial charge in [0, 0.05) is 25.0 Å². The Balaban J connectivity index is 2.79. The molecule has 56 heavy (non-hydrogen) atoms. The quantitative estimate of drug-likeness (QED) is 0.0471. The lowest BCUT2D eigenvalue weighted by atomic mass is 10.0. The minimum absolute atomic E-state index is 0.0136. The van der Waals surface area contributed by atoms with Gasteiger partial charge in [-0.1, -0.05) is 58.0 Å². The predicted molar refractivity (Wildman–Crippen MR) is 200 cm³/mol. The number of carboxylic acids is 1. The van der Waals surface area contributed by atoms with Crippen LogP contribution >= 0.6 is 0 Å². The number of carboxylic acid groups (broad SMARTS) is 1. The second-order valence-electron chi connectivity index (χ2n) is 13.6. The fourth-order valence-electron chi connectivity index (χ4n) is 4.89. The van der Waals surface area contributed by atoms with Gasteiger partial charge in [-0.05, 0) is 37.2 Å². The molecule has 0 spiro atoms. The lowest BCUT2D eigenvalue weighted by Crippen LogP contribution is -2.58. The van der Waals surface area contributed by atoms with E-state index >= 15 is 0 Å². The number of nitrogens with two attached hydrogens (primary N) is 2. The monoisotopic (exact) mass is 787 g/mol. The van der Waals surface area contributed by atoms with Crippen molar-refractivity contribution in [2.75, 3.05) is 13.1 Å². The summed E-state index contributed by atoms with van der Waals surface area (Å²) in [4.78, 5) is 123. The van der Waals surface area contributed by atoms with Gasteiger partial charge < -0.3 is 53.8 Å². The van der Waals surface area contributed by atoms with Gasteiger partial charge in [0.25, 0.3) is 0 Å². The smallest absolute Gasteiger partial charge is 0.326 e. The van der Waals surface area contributed by atoms with Gasteiger partial charge in [-0.3, -0.25) is 43.2 Å². The maximum Gasteiger partial charge on any atom is 0.326 e.